The molecule has 196 valence electrons. The van der Waals surface area contributed by atoms with Crippen molar-refractivity contribution in [2.45, 2.75) is 50.9 Å². The van der Waals surface area contributed by atoms with Crippen molar-refractivity contribution in [2.75, 3.05) is 24.5 Å². The molecule has 0 unspecified atom stereocenters. The first kappa shape index (κ1) is 23.1. The fraction of sp³-hybridized carbons (Fsp3) is 0.462. The highest BCUT2D eigenvalue weighted by molar-refractivity contribution is 5.81. The van der Waals surface area contributed by atoms with E-state index in [-0.39, 0.29) is 23.9 Å². The van der Waals surface area contributed by atoms with Gasteiger partial charge in [-0.3, -0.25) is 14.2 Å². The van der Waals surface area contributed by atoms with E-state index < -0.39 is 5.60 Å². The zero-order chi connectivity index (χ0) is 25.9. The second-order valence-corrected chi connectivity index (χ2v) is 10.6. The molecule has 2 aliphatic heterocycles. The second kappa shape index (κ2) is 8.76. The molecule has 0 atom stereocenters. The van der Waals surface area contributed by atoms with Gasteiger partial charge in [0.25, 0.3) is 5.56 Å². The Labute approximate surface area is 218 Å². The van der Waals surface area contributed by atoms with E-state index in [9.17, 15) is 14.7 Å². The maximum absolute atomic E-state index is 13.3. The number of carbonyl (C=O) groups is 1. The maximum Gasteiger partial charge on any atom is 0.264 e. The van der Waals surface area contributed by atoms with Crippen molar-refractivity contribution in [3.63, 3.8) is 0 Å². The number of piperidine rings is 1. The minimum atomic E-state index is -1.05. The van der Waals surface area contributed by atoms with Gasteiger partial charge in [-0.2, -0.15) is 10.2 Å². The van der Waals surface area contributed by atoms with Crippen molar-refractivity contribution in [3.05, 3.63) is 59.3 Å². The van der Waals surface area contributed by atoms with E-state index in [1.165, 1.54) is 17.1 Å². The van der Waals surface area contributed by atoms with Gasteiger partial charge in [0.15, 0.2) is 5.65 Å². The number of nitrogens with zero attached hydrogens (tertiary/aromatic N) is 9. The molecule has 1 aliphatic carbocycles. The number of likely N-dealkylation sites (tertiary alicyclic amines) is 1. The van der Waals surface area contributed by atoms with Gasteiger partial charge < -0.3 is 14.9 Å². The average Bonchev–Trinajstić information content (AvgIpc) is 3.52. The molecule has 7 rings (SSSR count). The normalized spacial score (nSPS) is 19.1. The summed E-state index contributed by atoms with van der Waals surface area (Å²) in [4.78, 5) is 38.6. The Morgan fingerprint density at radius 3 is 2.53 bits per heavy atom. The van der Waals surface area contributed by atoms with Crippen LogP contribution in [0.5, 0.6) is 0 Å². The van der Waals surface area contributed by atoms with Crippen LogP contribution in [-0.4, -0.2) is 75.2 Å². The molecule has 1 saturated heterocycles. The fourth-order valence-corrected chi connectivity index (χ4v) is 5.54. The third kappa shape index (κ3) is 4.05. The lowest BCUT2D eigenvalue weighted by Crippen LogP contribution is -2.50. The molecule has 3 aromatic heterocycles. The molecule has 0 spiro atoms. The van der Waals surface area contributed by atoms with Crippen LogP contribution in [0.3, 0.4) is 0 Å². The standard InChI is InChI=1S/C26H29N9O3/c36-24(18-1-2-18)31-9-7-26(38,8-10-31)15-33-17-28-23-21(25(33)37)13-29-35(23)20-5-3-19(4-6-20)32-11-12-34-22(14-32)27-16-30-34/h3-6,13,16-18,38H,1-2,7-12,14-15H2. The summed E-state index contributed by atoms with van der Waals surface area (Å²) in [7, 11) is 0. The van der Waals surface area contributed by atoms with Gasteiger partial charge in [-0.05, 0) is 49.9 Å². The Hall–Kier alpha value is -4.06. The SMILES string of the molecule is O=C(C1CC1)N1CCC(O)(Cn2cnc3c(cnn3-c3ccc(N4CCn5ncnc5C4)cc3)c2=O)CC1. The van der Waals surface area contributed by atoms with Gasteiger partial charge in [0.1, 0.15) is 23.9 Å². The second-order valence-electron chi connectivity index (χ2n) is 10.6. The zero-order valence-corrected chi connectivity index (χ0v) is 21.0. The lowest BCUT2D eigenvalue weighted by Gasteiger charge is -2.38. The van der Waals surface area contributed by atoms with Crippen LogP contribution in [-0.2, 0) is 24.4 Å². The molecule has 3 aliphatic rings. The zero-order valence-electron chi connectivity index (χ0n) is 21.0. The van der Waals surface area contributed by atoms with Gasteiger partial charge in [-0.25, -0.2) is 19.3 Å². The molecule has 38 heavy (non-hydrogen) atoms. The van der Waals surface area contributed by atoms with Crippen LogP contribution >= 0.6 is 0 Å². The van der Waals surface area contributed by atoms with E-state index in [1.807, 2.05) is 33.8 Å². The van der Waals surface area contributed by atoms with E-state index in [0.29, 0.717) is 43.5 Å². The lowest BCUT2D eigenvalue weighted by atomic mass is 9.91. The van der Waals surface area contributed by atoms with Crippen LogP contribution in [0.1, 0.15) is 31.5 Å². The Morgan fingerprint density at radius 1 is 1.00 bits per heavy atom. The molecule has 4 aromatic rings. The first-order valence-electron chi connectivity index (χ1n) is 13.1. The molecule has 0 radical (unpaired) electrons. The average molecular weight is 516 g/mol. The molecule has 5 heterocycles. The van der Waals surface area contributed by atoms with Gasteiger partial charge >= 0.3 is 0 Å². The molecular formula is C26H29N9O3. The fourth-order valence-electron chi connectivity index (χ4n) is 5.54. The van der Waals surface area contributed by atoms with Crippen LogP contribution in [0, 0.1) is 5.92 Å². The number of benzene rings is 1. The number of rotatable bonds is 5. The van der Waals surface area contributed by atoms with Gasteiger partial charge in [0, 0.05) is 31.2 Å². The summed E-state index contributed by atoms with van der Waals surface area (Å²) < 4.78 is 5.05. The summed E-state index contributed by atoms with van der Waals surface area (Å²) >= 11 is 0. The third-order valence-corrected chi connectivity index (χ3v) is 8.02. The van der Waals surface area contributed by atoms with E-state index in [4.69, 9.17) is 0 Å². The Morgan fingerprint density at radius 2 is 1.76 bits per heavy atom. The summed E-state index contributed by atoms with van der Waals surface area (Å²) in [6.45, 7) is 3.52. The van der Waals surface area contributed by atoms with Crippen LogP contribution in [0.2, 0.25) is 0 Å². The summed E-state index contributed by atoms with van der Waals surface area (Å²) in [6.07, 6.45) is 7.44. The summed E-state index contributed by atoms with van der Waals surface area (Å²) in [5, 5.41) is 20.3. The van der Waals surface area contributed by atoms with Crippen LogP contribution in [0.4, 0.5) is 5.69 Å². The molecule has 1 saturated carbocycles. The molecule has 1 N–H and O–H groups in total. The minimum Gasteiger partial charge on any atom is -0.388 e. The summed E-state index contributed by atoms with van der Waals surface area (Å²) in [5.41, 5.74) is 1.07. The molecule has 1 amide bonds. The molecule has 0 bridgehead atoms. The highest BCUT2D eigenvalue weighted by Crippen LogP contribution is 2.33. The number of anilines is 1. The van der Waals surface area contributed by atoms with Crippen molar-refractivity contribution in [2.24, 2.45) is 5.92 Å². The maximum atomic E-state index is 13.3. The van der Waals surface area contributed by atoms with Gasteiger partial charge in [-0.15, -0.1) is 0 Å². The van der Waals surface area contributed by atoms with Crippen LogP contribution in [0.25, 0.3) is 16.7 Å². The van der Waals surface area contributed by atoms with E-state index >= 15 is 0 Å². The van der Waals surface area contributed by atoms with E-state index in [1.54, 1.807) is 11.0 Å². The predicted molar refractivity (Wildman–Crippen MR) is 138 cm³/mol. The highest BCUT2D eigenvalue weighted by Gasteiger charge is 2.39. The van der Waals surface area contributed by atoms with Crippen molar-refractivity contribution in [3.8, 4) is 5.69 Å². The van der Waals surface area contributed by atoms with Gasteiger partial charge in [0.05, 0.1) is 37.1 Å². The van der Waals surface area contributed by atoms with Crippen molar-refractivity contribution in [1.29, 1.82) is 0 Å². The van der Waals surface area contributed by atoms with Gasteiger partial charge in [-0.1, -0.05) is 0 Å². The Bertz CT molecular complexity index is 1560. The van der Waals surface area contributed by atoms with Crippen LogP contribution in [0.15, 0.2) is 47.9 Å². The quantitative estimate of drug-likeness (QED) is 0.416. The number of hydrogen-bond donors (Lipinski definition) is 1. The summed E-state index contributed by atoms with van der Waals surface area (Å²) in [5.74, 6) is 1.32. The topological polar surface area (TPSA) is 127 Å². The van der Waals surface area contributed by atoms with Crippen molar-refractivity contribution < 1.29 is 9.90 Å². The largest absolute Gasteiger partial charge is 0.388 e. The van der Waals surface area contributed by atoms with Crippen molar-refractivity contribution in [1.82, 2.24) is 39.0 Å². The van der Waals surface area contributed by atoms with Gasteiger partial charge in [0.2, 0.25) is 5.91 Å². The minimum absolute atomic E-state index is 0.143. The highest BCUT2D eigenvalue weighted by atomic mass is 16.3. The first-order valence-corrected chi connectivity index (χ1v) is 13.1. The van der Waals surface area contributed by atoms with Crippen LogP contribution < -0.4 is 10.5 Å². The number of carbonyl (C=O) groups excluding carboxylic acids is 1. The molecule has 12 heteroatoms. The number of aromatic nitrogens is 7. The number of aliphatic hydroxyl groups is 1. The Balaban J connectivity index is 1.07. The first-order chi connectivity index (χ1) is 18.5. The third-order valence-electron chi connectivity index (χ3n) is 8.02. The molecular weight excluding hydrogens is 486 g/mol. The number of amides is 1. The Kier molecular flexibility index (Phi) is 5.32. The predicted octanol–water partition coefficient (Wildman–Crippen LogP) is 0.957. The molecule has 2 fully saturated rings. The monoisotopic (exact) mass is 515 g/mol. The van der Waals surface area contributed by atoms with Crippen molar-refractivity contribution >= 4 is 22.6 Å². The van der Waals surface area contributed by atoms with E-state index in [2.05, 4.69) is 25.1 Å². The lowest BCUT2D eigenvalue weighted by molar-refractivity contribution is -0.137. The summed E-state index contributed by atoms with van der Waals surface area (Å²) in [6, 6.07) is 8.00. The molecule has 12 nitrogen and oxygen atoms in total. The number of fused-ring (bicyclic) bond motifs is 2. The molecule has 1 aromatic carbocycles. The number of hydrogen-bond acceptors (Lipinski definition) is 8. The smallest absolute Gasteiger partial charge is 0.264 e. The van der Waals surface area contributed by atoms with E-state index in [0.717, 1.165) is 43.1 Å².